The minimum Gasteiger partial charge on any atom is -0.494 e. The molecule has 8 nitrogen and oxygen atoms in total. The molecule has 0 N–H and O–H groups in total. The molecule has 8 heteroatoms. The summed E-state index contributed by atoms with van der Waals surface area (Å²) in [6.45, 7) is 3.06. The third kappa shape index (κ3) is 9.67. The molecular formula is C38H38O8. The van der Waals surface area contributed by atoms with Crippen LogP contribution in [0.1, 0.15) is 59.2 Å². The molecule has 0 aromatic heterocycles. The quantitative estimate of drug-likeness (QED) is 0.0512. The molecule has 0 bridgehead atoms. The predicted molar refractivity (Wildman–Crippen MR) is 173 cm³/mol. The van der Waals surface area contributed by atoms with Crippen molar-refractivity contribution in [2.45, 2.75) is 50.7 Å². The Morgan fingerprint density at radius 1 is 0.500 bits per heavy atom. The Kier molecular flexibility index (Phi) is 10.6. The zero-order valence-electron chi connectivity index (χ0n) is 25.7. The van der Waals surface area contributed by atoms with E-state index in [4.69, 9.17) is 28.4 Å². The lowest BCUT2D eigenvalue weighted by atomic mass is 10.1. The third-order valence-corrected chi connectivity index (χ3v) is 7.83. The van der Waals surface area contributed by atoms with Crippen molar-refractivity contribution in [2.24, 2.45) is 0 Å². The molecule has 6 rings (SSSR count). The van der Waals surface area contributed by atoms with E-state index in [2.05, 4.69) is 0 Å². The van der Waals surface area contributed by atoms with Crippen LogP contribution in [0, 0.1) is 0 Å². The lowest BCUT2D eigenvalue weighted by molar-refractivity contribution is 0.0725. The highest BCUT2D eigenvalue weighted by Gasteiger charge is 2.21. The van der Waals surface area contributed by atoms with Gasteiger partial charge in [0.25, 0.3) is 0 Å². The van der Waals surface area contributed by atoms with Gasteiger partial charge in [0.2, 0.25) is 0 Å². The Morgan fingerprint density at radius 2 is 0.848 bits per heavy atom. The van der Waals surface area contributed by atoms with E-state index in [0.717, 1.165) is 74.4 Å². The number of benzene rings is 4. The fourth-order valence-corrected chi connectivity index (χ4v) is 4.93. The Bertz CT molecular complexity index is 1430. The molecule has 2 unspecified atom stereocenters. The minimum absolute atomic E-state index is 0.438. The molecule has 2 atom stereocenters. The first-order valence-corrected chi connectivity index (χ1v) is 15.9. The second-order valence-electron chi connectivity index (χ2n) is 11.5. The molecule has 2 aliphatic heterocycles. The van der Waals surface area contributed by atoms with E-state index < -0.39 is 11.9 Å². The number of carbonyl (C=O) groups is 2. The van der Waals surface area contributed by atoms with E-state index in [1.165, 1.54) is 0 Å². The maximum atomic E-state index is 12.7. The van der Waals surface area contributed by atoms with E-state index in [-0.39, 0.29) is 0 Å². The van der Waals surface area contributed by atoms with Crippen LogP contribution in [0.15, 0.2) is 97.1 Å². The molecule has 238 valence electrons. The summed E-state index contributed by atoms with van der Waals surface area (Å²) in [4.78, 5) is 25.3. The van der Waals surface area contributed by atoms with Crippen molar-refractivity contribution in [3.63, 3.8) is 0 Å². The van der Waals surface area contributed by atoms with E-state index >= 15 is 0 Å². The van der Waals surface area contributed by atoms with Crippen LogP contribution < -0.4 is 18.9 Å². The van der Waals surface area contributed by atoms with E-state index in [1.807, 2.05) is 24.3 Å². The summed E-state index contributed by atoms with van der Waals surface area (Å²) in [5, 5.41) is 0. The summed E-state index contributed by atoms with van der Waals surface area (Å²) in [7, 11) is 0. The molecule has 0 spiro atoms. The molecule has 2 heterocycles. The molecule has 0 saturated carbocycles. The van der Waals surface area contributed by atoms with Gasteiger partial charge in [-0.2, -0.15) is 0 Å². The number of epoxide rings is 2. The van der Waals surface area contributed by atoms with Crippen LogP contribution in [-0.4, -0.2) is 50.6 Å². The van der Waals surface area contributed by atoms with Crippen molar-refractivity contribution in [1.29, 1.82) is 0 Å². The average Bonchev–Trinajstić information content (AvgIpc) is 4.03. The Labute approximate surface area is 269 Å². The zero-order valence-corrected chi connectivity index (χ0v) is 25.7. The van der Waals surface area contributed by atoms with Crippen LogP contribution in [-0.2, 0) is 9.47 Å². The number of ether oxygens (including phenoxy) is 6. The van der Waals surface area contributed by atoms with Gasteiger partial charge in [-0.3, -0.25) is 0 Å². The van der Waals surface area contributed by atoms with Crippen LogP contribution in [0.2, 0.25) is 0 Å². The molecule has 2 aliphatic rings. The molecular weight excluding hydrogens is 584 g/mol. The van der Waals surface area contributed by atoms with Crippen LogP contribution in [0.3, 0.4) is 0 Å². The lowest BCUT2D eigenvalue weighted by Crippen LogP contribution is -2.08. The average molecular weight is 623 g/mol. The molecule has 0 amide bonds. The number of hydrogen-bond donors (Lipinski definition) is 0. The number of unbranched alkanes of at least 4 members (excludes halogenated alkanes) is 2. The molecule has 0 aliphatic carbocycles. The highest BCUT2D eigenvalue weighted by Crippen LogP contribution is 2.26. The van der Waals surface area contributed by atoms with E-state index in [9.17, 15) is 9.59 Å². The second kappa shape index (κ2) is 15.6. The number of carbonyl (C=O) groups excluding carboxylic acids is 2. The standard InChI is InChI=1S/C38H38O8/c39-37(29-11-15-31(16-12-29)41-23-3-1-5-35-25-43-35)45-33-19-7-27(8-20-33)28-9-21-34(22-10-28)46-38(40)30-13-17-32(18-14-30)42-24-4-2-6-36-26-44-36/h7-22,35-36H,1-6,23-26H2. The molecule has 0 radical (unpaired) electrons. The van der Waals surface area contributed by atoms with Gasteiger partial charge in [-0.05, 0) is 122 Å². The van der Waals surface area contributed by atoms with Gasteiger partial charge in [0.15, 0.2) is 0 Å². The summed E-state index contributed by atoms with van der Waals surface area (Å²) in [5.74, 6) is 1.47. The highest BCUT2D eigenvalue weighted by molar-refractivity contribution is 5.92. The van der Waals surface area contributed by atoms with Crippen LogP contribution in [0.25, 0.3) is 11.1 Å². The first-order valence-electron chi connectivity index (χ1n) is 15.9. The van der Waals surface area contributed by atoms with Gasteiger partial charge in [0.05, 0.1) is 49.8 Å². The molecule has 2 fully saturated rings. The van der Waals surface area contributed by atoms with Gasteiger partial charge in [-0.25, -0.2) is 9.59 Å². The van der Waals surface area contributed by atoms with Crippen molar-refractivity contribution < 1.29 is 38.0 Å². The number of hydrogen-bond acceptors (Lipinski definition) is 8. The van der Waals surface area contributed by atoms with Gasteiger partial charge in [-0.15, -0.1) is 0 Å². The fourth-order valence-electron chi connectivity index (χ4n) is 4.93. The van der Waals surface area contributed by atoms with Gasteiger partial charge in [0.1, 0.15) is 23.0 Å². The van der Waals surface area contributed by atoms with E-state index in [0.29, 0.717) is 48.0 Å². The zero-order chi connectivity index (χ0) is 31.6. The lowest BCUT2D eigenvalue weighted by Gasteiger charge is -2.09. The third-order valence-electron chi connectivity index (χ3n) is 7.83. The van der Waals surface area contributed by atoms with Gasteiger partial charge < -0.3 is 28.4 Å². The van der Waals surface area contributed by atoms with Crippen molar-refractivity contribution in [3.8, 4) is 34.1 Å². The Hall–Kier alpha value is -4.66. The number of esters is 2. The maximum absolute atomic E-state index is 12.7. The maximum Gasteiger partial charge on any atom is 0.343 e. The fraction of sp³-hybridized carbons (Fsp3) is 0.316. The molecule has 4 aromatic rings. The van der Waals surface area contributed by atoms with Gasteiger partial charge in [0, 0.05) is 0 Å². The summed E-state index contributed by atoms with van der Waals surface area (Å²) < 4.78 is 33.1. The SMILES string of the molecule is O=C(Oc1ccc(-c2ccc(OC(=O)c3ccc(OCCCCC4CO4)cc3)cc2)cc1)c1ccc(OCCCCC2CO2)cc1. The van der Waals surface area contributed by atoms with Gasteiger partial charge in [-0.1, -0.05) is 24.3 Å². The van der Waals surface area contributed by atoms with Crippen LogP contribution in [0.5, 0.6) is 23.0 Å². The first-order chi connectivity index (χ1) is 22.6. The summed E-state index contributed by atoms with van der Waals surface area (Å²) >= 11 is 0. The van der Waals surface area contributed by atoms with Crippen molar-refractivity contribution in [3.05, 3.63) is 108 Å². The summed E-state index contributed by atoms with van der Waals surface area (Å²) in [6, 6.07) is 28.5. The summed E-state index contributed by atoms with van der Waals surface area (Å²) in [6.07, 6.45) is 7.19. The Balaban J connectivity index is 0.928. The van der Waals surface area contributed by atoms with Crippen LogP contribution in [0.4, 0.5) is 0 Å². The highest BCUT2D eigenvalue weighted by atomic mass is 16.6. The van der Waals surface area contributed by atoms with E-state index in [1.54, 1.807) is 72.8 Å². The Morgan fingerprint density at radius 3 is 1.20 bits per heavy atom. The predicted octanol–water partition coefficient (Wildman–Crippen LogP) is 7.69. The largest absolute Gasteiger partial charge is 0.494 e. The van der Waals surface area contributed by atoms with Crippen molar-refractivity contribution >= 4 is 11.9 Å². The summed E-state index contributed by atoms with van der Waals surface area (Å²) in [5.41, 5.74) is 2.75. The van der Waals surface area contributed by atoms with Gasteiger partial charge >= 0.3 is 11.9 Å². The monoisotopic (exact) mass is 622 g/mol. The smallest absolute Gasteiger partial charge is 0.343 e. The normalized spacial score (nSPS) is 16.3. The minimum atomic E-state index is -0.438. The van der Waals surface area contributed by atoms with Crippen molar-refractivity contribution in [2.75, 3.05) is 26.4 Å². The molecule has 4 aromatic carbocycles. The second-order valence-corrected chi connectivity index (χ2v) is 11.5. The molecule has 2 saturated heterocycles. The van der Waals surface area contributed by atoms with Crippen LogP contribution >= 0.6 is 0 Å². The molecule has 46 heavy (non-hydrogen) atoms. The van der Waals surface area contributed by atoms with Crippen molar-refractivity contribution in [1.82, 2.24) is 0 Å². The first kappa shape index (κ1) is 31.3. The number of rotatable bonds is 17. The topological polar surface area (TPSA) is 96.1 Å².